The molecule has 0 radical (unpaired) electrons. The van der Waals surface area contributed by atoms with Crippen LogP contribution in [0.25, 0.3) is 5.52 Å². The summed E-state index contributed by atoms with van der Waals surface area (Å²) < 4.78 is 48.9. The average molecular weight is 559 g/mol. The van der Waals surface area contributed by atoms with Gasteiger partial charge in [-0.15, -0.1) is 0 Å². The molecule has 2 aliphatic heterocycles. The van der Waals surface area contributed by atoms with Crippen molar-refractivity contribution >= 4 is 37.3 Å². The maximum atomic E-state index is 13.6. The highest BCUT2D eigenvalue weighted by atomic mass is 31.2. The molecule has 14 nitrogen and oxygen atoms in total. The molecular weight excluding hydrogens is 533 g/mol. The number of hydrogen-bond donors (Lipinski definition) is 1. The maximum Gasteiger partial charge on any atom is 0.475 e. The number of nitrogens with two attached hydrogens (primary N) is 1. The van der Waals surface area contributed by atoms with E-state index in [9.17, 15) is 14.2 Å². The number of nitrogens with zero attached hydrogens (tertiary/aromatic N) is 4. The number of ether oxygens (including phenoxy) is 3. The fraction of sp³-hybridized carbons (Fsp3) is 0.375. The number of carbonyl (C=O) groups is 2. The van der Waals surface area contributed by atoms with Gasteiger partial charge in [0.1, 0.15) is 24.1 Å². The van der Waals surface area contributed by atoms with Crippen LogP contribution in [0.5, 0.6) is 0 Å². The highest BCUT2D eigenvalue weighted by molar-refractivity contribution is 7.48. The van der Waals surface area contributed by atoms with E-state index in [4.69, 9.17) is 33.5 Å². The molecule has 206 valence electrons. The molecule has 2 aromatic heterocycles. The Morgan fingerprint density at radius 2 is 2.10 bits per heavy atom. The van der Waals surface area contributed by atoms with E-state index in [1.807, 2.05) is 0 Å². The normalized spacial score (nSPS) is 28.4. The second kappa shape index (κ2) is 10.5. The molecule has 5 atom stereocenters. The molecule has 0 saturated carbocycles. The predicted octanol–water partition coefficient (Wildman–Crippen LogP) is 2.06. The van der Waals surface area contributed by atoms with E-state index in [-0.39, 0.29) is 24.6 Å². The molecular formula is C24H26N5O9P. The van der Waals surface area contributed by atoms with Gasteiger partial charge in [-0.2, -0.15) is 5.10 Å². The van der Waals surface area contributed by atoms with Crippen molar-refractivity contribution < 1.29 is 41.9 Å². The lowest BCUT2D eigenvalue weighted by Gasteiger charge is -2.33. The van der Waals surface area contributed by atoms with Crippen molar-refractivity contribution in [2.24, 2.45) is 4.99 Å². The largest absolute Gasteiger partial charge is 0.475 e. The SMILES string of the molecule is C/N=C\[C@@]1(c2ccc3c(N)ncnn23)O[C@@H]2COP(=O)(OCc3ccccc3C(=O)OC)O[C@H]2[C@H]1OC(C)=O. The molecule has 15 heteroatoms. The fourth-order valence-electron chi connectivity index (χ4n) is 4.74. The summed E-state index contributed by atoms with van der Waals surface area (Å²) in [6.07, 6.45) is -0.335. The summed E-state index contributed by atoms with van der Waals surface area (Å²) in [6, 6.07) is 9.91. The molecule has 2 aliphatic rings. The maximum absolute atomic E-state index is 13.6. The van der Waals surface area contributed by atoms with Crippen LogP contribution in [0.1, 0.15) is 28.5 Å². The van der Waals surface area contributed by atoms with Gasteiger partial charge < -0.3 is 19.9 Å². The Hall–Kier alpha value is -3.68. The van der Waals surface area contributed by atoms with Gasteiger partial charge in [-0.3, -0.25) is 23.4 Å². The van der Waals surface area contributed by atoms with Crippen molar-refractivity contribution in [2.75, 3.05) is 26.5 Å². The zero-order valence-corrected chi connectivity index (χ0v) is 22.1. The highest BCUT2D eigenvalue weighted by Crippen LogP contribution is 2.59. The van der Waals surface area contributed by atoms with Crippen molar-refractivity contribution in [3.63, 3.8) is 0 Å². The fourth-order valence-corrected chi connectivity index (χ4v) is 6.11. The second-order valence-electron chi connectivity index (χ2n) is 8.76. The van der Waals surface area contributed by atoms with Crippen molar-refractivity contribution in [3.8, 4) is 0 Å². The van der Waals surface area contributed by atoms with E-state index in [0.29, 0.717) is 16.8 Å². The molecule has 0 amide bonds. The minimum atomic E-state index is -4.22. The van der Waals surface area contributed by atoms with Crippen LogP contribution in [0.15, 0.2) is 47.7 Å². The summed E-state index contributed by atoms with van der Waals surface area (Å²) >= 11 is 0. The van der Waals surface area contributed by atoms with Crippen LogP contribution in [0.2, 0.25) is 0 Å². The van der Waals surface area contributed by atoms with E-state index in [1.54, 1.807) is 36.4 Å². The van der Waals surface area contributed by atoms with Crippen molar-refractivity contribution in [2.45, 2.75) is 37.4 Å². The summed E-state index contributed by atoms with van der Waals surface area (Å²) in [4.78, 5) is 32.5. The summed E-state index contributed by atoms with van der Waals surface area (Å²) in [5.74, 6) is -0.986. The van der Waals surface area contributed by atoms with E-state index in [1.165, 1.54) is 38.1 Å². The second-order valence-corrected chi connectivity index (χ2v) is 10.4. The zero-order valence-electron chi connectivity index (χ0n) is 21.3. The first-order valence-electron chi connectivity index (χ1n) is 11.8. The average Bonchev–Trinajstić information content (AvgIpc) is 3.48. The Bertz CT molecular complexity index is 1490. The molecule has 0 aliphatic carbocycles. The van der Waals surface area contributed by atoms with E-state index in [0.717, 1.165) is 0 Å². The molecule has 1 aromatic carbocycles. The smallest absolute Gasteiger partial charge is 0.465 e. The molecule has 2 fully saturated rings. The van der Waals surface area contributed by atoms with Gasteiger partial charge in [-0.25, -0.2) is 18.9 Å². The third-order valence-corrected chi connectivity index (χ3v) is 7.79. The number of phosphoric ester groups is 1. The zero-order chi connectivity index (χ0) is 27.8. The van der Waals surface area contributed by atoms with Crippen LogP contribution in [-0.2, 0) is 49.3 Å². The number of rotatable bonds is 7. The summed E-state index contributed by atoms with van der Waals surface area (Å²) in [6.45, 7) is 0.745. The molecule has 39 heavy (non-hydrogen) atoms. The van der Waals surface area contributed by atoms with Crippen molar-refractivity contribution in [3.05, 3.63) is 59.5 Å². The van der Waals surface area contributed by atoms with Gasteiger partial charge in [0, 0.05) is 20.2 Å². The van der Waals surface area contributed by atoms with Crippen molar-refractivity contribution in [1.29, 1.82) is 0 Å². The van der Waals surface area contributed by atoms with E-state index >= 15 is 0 Å². The van der Waals surface area contributed by atoms with Gasteiger partial charge in [0.25, 0.3) is 0 Å². The Morgan fingerprint density at radius 3 is 2.85 bits per heavy atom. The van der Waals surface area contributed by atoms with Crippen LogP contribution < -0.4 is 5.73 Å². The summed E-state index contributed by atoms with van der Waals surface area (Å²) in [5, 5.41) is 4.28. The Kier molecular flexibility index (Phi) is 7.23. The third kappa shape index (κ3) is 4.81. The number of aliphatic imine (C=N–C) groups is 1. The first-order valence-corrected chi connectivity index (χ1v) is 13.3. The molecule has 2 saturated heterocycles. The molecule has 5 rings (SSSR count). The number of phosphoric acid groups is 1. The number of nitrogen functional groups attached to an aromatic ring is 1. The standard InChI is InChI=1S/C24H26N5O9P/c1-14(30)36-21-20-18(37-24(21,12-26-2)19-9-8-17-22(25)27-13-28-29(17)19)11-35-39(32,38-20)34-10-15-6-4-5-7-16(15)23(31)33-3/h4-9,12-13,18,20-21H,10-11H2,1-3H3,(H2,25,27,28)/b26-12-/t18-,20-,21-,24+,39?/m1/s1. The molecule has 0 spiro atoms. The molecule has 0 bridgehead atoms. The summed E-state index contributed by atoms with van der Waals surface area (Å²) in [7, 11) is -1.43. The summed E-state index contributed by atoms with van der Waals surface area (Å²) in [5.41, 5.74) is 6.07. The molecule has 1 unspecified atom stereocenters. The number of carbonyl (C=O) groups excluding carboxylic acids is 2. The van der Waals surface area contributed by atoms with E-state index in [2.05, 4.69) is 15.1 Å². The van der Waals surface area contributed by atoms with Crippen LogP contribution in [-0.4, -0.2) is 71.8 Å². The Labute approximate surface area is 222 Å². The number of anilines is 1. The van der Waals surface area contributed by atoms with Gasteiger partial charge in [-0.05, 0) is 23.8 Å². The topological polar surface area (TPSA) is 175 Å². The van der Waals surface area contributed by atoms with E-state index < -0.39 is 43.7 Å². The van der Waals surface area contributed by atoms with Gasteiger partial charge in [0.05, 0.1) is 31.6 Å². The Balaban J connectivity index is 1.48. The number of aromatic nitrogens is 3. The quantitative estimate of drug-likeness (QED) is 0.254. The monoisotopic (exact) mass is 559 g/mol. The molecule has 2 N–H and O–H groups in total. The number of esters is 2. The van der Waals surface area contributed by atoms with Gasteiger partial charge in [-0.1, -0.05) is 18.2 Å². The first kappa shape index (κ1) is 26.9. The lowest BCUT2D eigenvalue weighted by Crippen LogP contribution is -2.47. The number of hydrogen-bond acceptors (Lipinski definition) is 13. The molecule has 3 aromatic rings. The lowest BCUT2D eigenvalue weighted by atomic mass is 9.92. The highest BCUT2D eigenvalue weighted by Gasteiger charge is 2.63. The lowest BCUT2D eigenvalue weighted by molar-refractivity contribution is -0.156. The Morgan fingerprint density at radius 1 is 1.31 bits per heavy atom. The number of benzene rings is 1. The predicted molar refractivity (Wildman–Crippen MR) is 135 cm³/mol. The van der Waals surface area contributed by atoms with Crippen LogP contribution in [0.3, 0.4) is 0 Å². The van der Waals surface area contributed by atoms with Crippen molar-refractivity contribution in [1.82, 2.24) is 14.6 Å². The van der Waals surface area contributed by atoms with Gasteiger partial charge >= 0.3 is 19.8 Å². The number of methoxy groups -OCH3 is 1. The minimum Gasteiger partial charge on any atom is -0.465 e. The molecule has 4 heterocycles. The van der Waals surface area contributed by atoms with Crippen LogP contribution in [0.4, 0.5) is 5.82 Å². The first-order chi connectivity index (χ1) is 18.7. The van der Waals surface area contributed by atoms with Crippen LogP contribution >= 0.6 is 7.82 Å². The third-order valence-electron chi connectivity index (χ3n) is 6.38. The van der Waals surface area contributed by atoms with Crippen LogP contribution in [0, 0.1) is 0 Å². The minimum absolute atomic E-state index is 0.210. The van der Waals surface area contributed by atoms with Gasteiger partial charge in [0.2, 0.25) is 0 Å². The number of fused-ring (bicyclic) bond motifs is 2. The van der Waals surface area contributed by atoms with Gasteiger partial charge in [0.15, 0.2) is 17.5 Å².